The van der Waals surface area contributed by atoms with Crippen LogP contribution in [0.25, 0.3) is 0 Å². The first-order valence-electron chi connectivity index (χ1n) is 6.70. The second kappa shape index (κ2) is 5.55. The molecule has 1 aromatic rings. The molecule has 1 aromatic carbocycles. The van der Waals surface area contributed by atoms with Gasteiger partial charge in [-0.3, -0.25) is 9.69 Å². The van der Waals surface area contributed by atoms with Gasteiger partial charge in [0, 0.05) is 12.6 Å². The van der Waals surface area contributed by atoms with Gasteiger partial charge in [-0.2, -0.15) is 13.2 Å². The van der Waals surface area contributed by atoms with Crippen LogP contribution in [-0.4, -0.2) is 37.3 Å². The zero-order chi connectivity index (χ0) is 15.8. The van der Waals surface area contributed by atoms with Crippen LogP contribution in [-0.2, 0) is 4.79 Å². The van der Waals surface area contributed by atoms with Crippen LogP contribution in [0.1, 0.15) is 13.8 Å². The molecule has 7 heteroatoms. The molecule has 0 fully saturated rings. The summed E-state index contributed by atoms with van der Waals surface area (Å²) in [5.74, 6) is -0.706. The van der Waals surface area contributed by atoms with Crippen LogP contribution in [0, 0.1) is 0 Å². The van der Waals surface area contributed by atoms with Crippen molar-refractivity contribution in [2.45, 2.75) is 32.1 Å². The molecule has 21 heavy (non-hydrogen) atoms. The molecule has 0 radical (unpaired) electrons. The lowest BCUT2D eigenvalue weighted by Gasteiger charge is -2.30. The Morgan fingerprint density at radius 3 is 2.38 bits per heavy atom. The van der Waals surface area contributed by atoms with Gasteiger partial charge in [0.2, 0.25) is 5.91 Å². The average Bonchev–Trinajstić information content (AvgIpc) is 2.48. The number of nitrogens with two attached hydrogens (primary N) is 1. The van der Waals surface area contributed by atoms with E-state index in [0.29, 0.717) is 5.69 Å². The van der Waals surface area contributed by atoms with E-state index in [2.05, 4.69) is 0 Å². The van der Waals surface area contributed by atoms with Gasteiger partial charge in [0.05, 0.1) is 11.4 Å². The maximum Gasteiger partial charge on any atom is 0.406 e. The van der Waals surface area contributed by atoms with Crippen molar-refractivity contribution in [1.82, 2.24) is 0 Å². The number of carbonyl (C=O) groups excluding carboxylic acids is 1. The van der Waals surface area contributed by atoms with Crippen LogP contribution in [0.4, 0.5) is 24.5 Å². The first-order valence-corrected chi connectivity index (χ1v) is 6.70. The summed E-state index contributed by atoms with van der Waals surface area (Å²) in [7, 11) is 0. The number of nitrogens with zero attached hydrogens (tertiary/aromatic N) is 2. The van der Waals surface area contributed by atoms with Gasteiger partial charge in [-0.25, -0.2) is 0 Å². The summed E-state index contributed by atoms with van der Waals surface area (Å²) < 4.78 is 38.3. The zero-order valence-corrected chi connectivity index (χ0v) is 11.9. The highest BCUT2D eigenvalue weighted by Crippen LogP contribution is 2.35. The second-order valence-electron chi connectivity index (χ2n) is 5.38. The number of halogens is 3. The topological polar surface area (TPSA) is 49.6 Å². The smallest absolute Gasteiger partial charge is 0.365 e. The Balaban J connectivity index is 2.52. The maximum atomic E-state index is 12.8. The molecule has 0 spiro atoms. The molecule has 0 bridgehead atoms. The van der Waals surface area contributed by atoms with Crippen molar-refractivity contribution < 1.29 is 18.0 Å². The number of benzene rings is 1. The van der Waals surface area contributed by atoms with E-state index >= 15 is 0 Å². The molecule has 116 valence electrons. The fourth-order valence-electron chi connectivity index (χ4n) is 2.47. The van der Waals surface area contributed by atoms with Crippen molar-refractivity contribution in [3.05, 3.63) is 24.3 Å². The second-order valence-corrected chi connectivity index (χ2v) is 5.38. The molecular formula is C14H18F3N3O. The lowest BCUT2D eigenvalue weighted by atomic mass is 10.2. The molecule has 2 rings (SSSR count). The lowest BCUT2D eigenvalue weighted by Crippen LogP contribution is -2.50. The Kier molecular flexibility index (Phi) is 4.13. The van der Waals surface area contributed by atoms with Gasteiger partial charge in [-0.1, -0.05) is 12.1 Å². The van der Waals surface area contributed by atoms with Crippen molar-refractivity contribution in [3.63, 3.8) is 0 Å². The molecule has 1 atom stereocenters. The third kappa shape index (κ3) is 3.29. The van der Waals surface area contributed by atoms with Crippen molar-refractivity contribution in [2.75, 3.05) is 22.9 Å². The fraction of sp³-hybridized carbons (Fsp3) is 0.500. The Labute approximate surface area is 121 Å². The Morgan fingerprint density at radius 1 is 1.29 bits per heavy atom. The Morgan fingerprint density at radius 2 is 1.86 bits per heavy atom. The average molecular weight is 301 g/mol. The summed E-state index contributed by atoms with van der Waals surface area (Å²) in [6.07, 6.45) is -4.48. The predicted molar refractivity (Wildman–Crippen MR) is 75.3 cm³/mol. The minimum absolute atomic E-state index is 0.0239. The van der Waals surface area contributed by atoms with Crippen LogP contribution < -0.4 is 15.5 Å². The number of carbonyl (C=O) groups is 1. The molecule has 0 saturated heterocycles. The molecule has 0 aromatic heterocycles. The molecule has 2 N–H and O–H groups in total. The van der Waals surface area contributed by atoms with E-state index in [1.54, 1.807) is 18.2 Å². The molecule has 1 heterocycles. The molecule has 1 unspecified atom stereocenters. The number of amides is 1. The SMILES string of the molecule is CC(C)N1CC(N)C(=O)N(CC(F)(F)F)c2ccccc21. The highest BCUT2D eigenvalue weighted by Gasteiger charge is 2.39. The minimum Gasteiger partial charge on any atom is -0.365 e. The van der Waals surface area contributed by atoms with Gasteiger partial charge >= 0.3 is 6.18 Å². The first kappa shape index (κ1) is 15.6. The van der Waals surface area contributed by atoms with E-state index < -0.39 is 24.7 Å². The van der Waals surface area contributed by atoms with Gasteiger partial charge in [0.25, 0.3) is 0 Å². The highest BCUT2D eigenvalue weighted by molar-refractivity contribution is 6.01. The van der Waals surface area contributed by atoms with Crippen LogP contribution in [0.2, 0.25) is 0 Å². The highest BCUT2D eigenvalue weighted by atomic mass is 19.4. The number of rotatable bonds is 2. The summed E-state index contributed by atoms with van der Waals surface area (Å²) in [5.41, 5.74) is 6.64. The minimum atomic E-state index is -4.48. The third-order valence-electron chi connectivity index (χ3n) is 3.42. The number of fused-ring (bicyclic) bond motifs is 1. The summed E-state index contributed by atoms with van der Waals surface area (Å²) in [5, 5.41) is 0. The fourth-order valence-corrected chi connectivity index (χ4v) is 2.47. The van der Waals surface area contributed by atoms with Crippen LogP contribution >= 0.6 is 0 Å². The van der Waals surface area contributed by atoms with Crippen LogP contribution in [0.3, 0.4) is 0 Å². The molecular weight excluding hydrogens is 283 g/mol. The Hall–Kier alpha value is -1.76. The van der Waals surface area contributed by atoms with Crippen molar-refractivity contribution in [2.24, 2.45) is 5.73 Å². The van der Waals surface area contributed by atoms with Crippen LogP contribution in [0.15, 0.2) is 24.3 Å². The monoisotopic (exact) mass is 301 g/mol. The molecule has 4 nitrogen and oxygen atoms in total. The number of alkyl halides is 3. The van der Waals surface area contributed by atoms with Gasteiger partial charge in [-0.15, -0.1) is 0 Å². The van der Waals surface area contributed by atoms with Crippen molar-refractivity contribution in [1.29, 1.82) is 0 Å². The first-order chi connectivity index (χ1) is 9.70. The molecule has 1 aliphatic heterocycles. The summed E-state index contributed by atoms with van der Waals surface area (Å²) in [6.45, 7) is 2.69. The lowest BCUT2D eigenvalue weighted by molar-refractivity contribution is -0.132. The van der Waals surface area contributed by atoms with E-state index in [1.807, 2.05) is 18.7 Å². The molecule has 0 saturated carbocycles. The Bertz CT molecular complexity index is 530. The van der Waals surface area contributed by atoms with E-state index in [0.717, 1.165) is 4.90 Å². The standard InChI is InChI=1S/C14H18F3N3O/c1-9(2)19-7-10(18)13(21)20(8-14(15,16)17)12-6-4-3-5-11(12)19/h3-6,9-10H,7-8,18H2,1-2H3. The van der Waals surface area contributed by atoms with Crippen LogP contribution in [0.5, 0.6) is 0 Å². The molecule has 1 amide bonds. The summed E-state index contributed by atoms with van der Waals surface area (Å²) in [6, 6.07) is 5.63. The van der Waals surface area contributed by atoms with E-state index in [9.17, 15) is 18.0 Å². The van der Waals surface area contributed by atoms with Crippen molar-refractivity contribution >= 4 is 17.3 Å². The van der Waals surface area contributed by atoms with Gasteiger partial charge in [-0.05, 0) is 26.0 Å². The summed E-state index contributed by atoms with van der Waals surface area (Å²) >= 11 is 0. The van der Waals surface area contributed by atoms with Gasteiger partial charge in [0.1, 0.15) is 12.6 Å². The number of para-hydroxylation sites is 2. The normalized spacial score (nSPS) is 19.8. The number of hydrogen-bond acceptors (Lipinski definition) is 3. The number of hydrogen-bond donors (Lipinski definition) is 1. The third-order valence-corrected chi connectivity index (χ3v) is 3.42. The molecule has 1 aliphatic rings. The number of anilines is 2. The largest absolute Gasteiger partial charge is 0.406 e. The van der Waals surface area contributed by atoms with Gasteiger partial charge < -0.3 is 10.6 Å². The van der Waals surface area contributed by atoms with Gasteiger partial charge in [0.15, 0.2) is 0 Å². The molecule has 0 aliphatic carbocycles. The maximum absolute atomic E-state index is 12.8. The predicted octanol–water partition coefficient (Wildman–Crippen LogP) is 2.14. The van der Waals surface area contributed by atoms with E-state index in [4.69, 9.17) is 5.73 Å². The van der Waals surface area contributed by atoms with E-state index in [-0.39, 0.29) is 18.3 Å². The summed E-state index contributed by atoms with van der Waals surface area (Å²) in [4.78, 5) is 14.8. The zero-order valence-electron chi connectivity index (χ0n) is 11.9. The quantitative estimate of drug-likeness (QED) is 0.910. The van der Waals surface area contributed by atoms with Crippen molar-refractivity contribution in [3.8, 4) is 0 Å². The van der Waals surface area contributed by atoms with E-state index in [1.165, 1.54) is 6.07 Å².